The van der Waals surface area contributed by atoms with E-state index in [0.29, 0.717) is 0 Å². The standard InChI is InChI=1S/C18H21ClN2/c1-13(20)12-15-7-4-9-16(19)18(15)21-11-5-8-14-6-2-3-10-17(14)21/h2-4,6-7,9-10,13H,5,8,11-12,20H2,1H3. The van der Waals surface area contributed by atoms with E-state index in [9.17, 15) is 0 Å². The molecule has 2 aromatic carbocycles. The monoisotopic (exact) mass is 300 g/mol. The van der Waals surface area contributed by atoms with Crippen LogP contribution < -0.4 is 10.6 Å². The molecule has 0 aliphatic carbocycles. The van der Waals surface area contributed by atoms with Gasteiger partial charge in [-0.1, -0.05) is 41.9 Å². The summed E-state index contributed by atoms with van der Waals surface area (Å²) in [4.78, 5) is 2.36. The van der Waals surface area contributed by atoms with Gasteiger partial charge in [0, 0.05) is 18.3 Å². The number of nitrogens with two attached hydrogens (primary N) is 1. The Labute approximate surface area is 131 Å². The van der Waals surface area contributed by atoms with Crippen molar-refractivity contribution in [3.63, 3.8) is 0 Å². The maximum absolute atomic E-state index is 6.53. The molecule has 1 aliphatic heterocycles. The zero-order valence-corrected chi connectivity index (χ0v) is 13.1. The smallest absolute Gasteiger partial charge is 0.0645 e. The molecule has 0 spiro atoms. The summed E-state index contributed by atoms with van der Waals surface area (Å²) >= 11 is 6.53. The number of halogens is 1. The molecule has 0 saturated heterocycles. The number of nitrogens with zero attached hydrogens (tertiary/aromatic N) is 1. The van der Waals surface area contributed by atoms with Gasteiger partial charge in [-0.3, -0.25) is 0 Å². The minimum absolute atomic E-state index is 0.127. The average Bonchev–Trinajstić information content (AvgIpc) is 2.47. The molecule has 1 aliphatic rings. The fourth-order valence-electron chi connectivity index (χ4n) is 3.14. The van der Waals surface area contributed by atoms with Crippen molar-refractivity contribution in [3.05, 3.63) is 58.6 Å². The first kappa shape index (κ1) is 14.4. The molecule has 0 bridgehead atoms. The van der Waals surface area contributed by atoms with Crippen molar-refractivity contribution >= 4 is 23.0 Å². The summed E-state index contributed by atoms with van der Waals surface area (Å²) in [5.41, 5.74) is 11.0. The summed E-state index contributed by atoms with van der Waals surface area (Å²) in [6.07, 6.45) is 3.13. The molecule has 21 heavy (non-hydrogen) atoms. The van der Waals surface area contributed by atoms with Crippen molar-refractivity contribution in [3.8, 4) is 0 Å². The zero-order chi connectivity index (χ0) is 14.8. The topological polar surface area (TPSA) is 29.3 Å². The highest BCUT2D eigenvalue weighted by atomic mass is 35.5. The second-order valence-corrected chi connectivity index (χ2v) is 6.22. The van der Waals surface area contributed by atoms with Gasteiger partial charge in [-0.05, 0) is 49.4 Å². The number of aryl methyl sites for hydroxylation is 1. The van der Waals surface area contributed by atoms with Gasteiger partial charge in [0.25, 0.3) is 0 Å². The molecule has 0 aromatic heterocycles. The molecule has 3 rings (SSSR count). The lowest BCUT2D eigenvalue weighted by atomic mass is 9.98. The SMILES string of the molecule is CC(N)Cc1cccc(Cl)c1N1CCCc2ccccc21. The third kappa shape index (κ3) is 2.92. The fraction of sp³-hybridized carbons (Fsp3) is 0.333. The van der Waals surface area contributed by atoms with Crippen LogP contribution in [0.4, 0.5) is 11.4 Å². The Kier molecular flexibility index (Phi) is 4.18. The van der Waals surface area contributed by atoms with Gasteiger partial charge in [0.1, 0.15) is 0 Å². The first-order valence-electron chi connectivity index (χ1n) is 7.55. The van der Waals surface area contributed by atoms with E-state index >= 15 is 0 Å². The van der Waals surface area contributed by atoms with Crippen LogP contribution in [0.15, 0.2) is 42.5 Å². The molecule has 110 valence electrons. The molecule has 1 heterocycles. The minimum Gasteiger partial charge on any atom is -0.340 e. The second-order valence-electron chi connectivity index (χ2n) is 5.81. The van der Waals surface area contributed by atoms with Crippen LogP contribution in [0.2, 0.25) is 5.02 Å². The highest BCUT2D eigenvalue weighted by Crippen LogP contribution is 2.39. The van der Waals surface area contributed by atoms with Gasteiger partial charge < -0.3 is 10.6 Å². The van der Waals surface area contributed by atoms with Crippen molar-refractivity contribution < 1.29 is 0 Å². The Morgan fingerprint density at radius 1 is 1.19 bits per heavy atom. The van der Waals surface area contributed by atoms with Gasteiger partial charge >= 0.3 is 0 Å². The molecule has 0 saturated carbocycles. The van der Waals surface area contributed by atoms with Crippen LogP contribution in [0.3, 0.4) is 0 Å². The van der Waals surface area contributed by atoms with E-state index in [0.717, 1.165) is 36.5 Å². The predicted molar refractivity (Wildman–Crippen MR) is 90.6 cm³/mol. The van der Waals surface area contributed by atoms with Crippen LogP contribution in [-0.4, -0.2) is 12.6 Å². The summed E-state index contributed by atoms with van der Waals surface area (Å²) in [7, 11) is 0. The number of rotatable bonds is 3. The molecule has 3 heteroatoms. The van der Waals surface area contributed by atoms with E-state index in [-0.39, 0.29) is 6.04 Å². The number of fused-ring (bicyclic) bond motifs is 1. The summed E-state index contributed by atoms with van der Waals surface area (Å²) in [6, 6.07) is 14.9. The summed E-state index contributed by atoms with van der Waals surface area (Å²) in [5.74, 6) is 0. The Hall–Kier alpha value is -1.51. The first-order valence-corrected chi connectivity index (χ1v) is 7.93. The lowest BCUT2D eigenvalue weighted by Crippen LogP contribution is -2.27. The van der Waals surface area contributed by atoms with Crippen molar-refractivity contribution in [2.24, 2.45) is 5.73 Å². The Bertz CT molecular complexity index is 637. The maximum Gasteiger partial charge on any atom is 0.0645 e. The normalized spacial score (nSPS) is 15.7. The van der Waals surface area contributed by atoms with E-state index in [2.05, 4.69) is 35.2 Å². The van der Waals surface area contributed by atoms with Crippen LogP contribution in [0, 0.1) is 0 Å². The zero-order valence-electron chi connectivity index (χ0n) is 12.3. The van der Waals surface area contributed by atoms with E-state index < -0.39 is 0 Å². The molecular weight excluding hydrogens is 280 g/mol. The third-order valence-corrected chi connectivity index (χ3v) is 4.30. The summed E-state index contributed by atoms with van der Waals surface area (Å²) in [5, 5.41) is 0.810. The molecule has 0 fully saturated rings. The lowest BCUT2D eigenvalue weighted by molar-refractivity contribution is 0.726. The summed E-state index contributed by atoms with van der Waals surface area (Å²) < 4.78 is 0. The van der Waals surface area contributed by atoms with Crippen LogP contribution in [0.5, 0.6) is 0 Å². The molecule has 1 atom stereocenters. The average molecular weight is 301 g/mol. The van der Waals surface area contributed by atoms with E-state index in [1.54, 1.807) is 0 Å². The van der Waals surface area contributed by atoms with Gasteiger partial charge in [-0.25, -0.2) is 0 Å². The molecule has 0 amide bonds. The van der Waals surface area contributed by atoms with Gasteiger partial charge in [0.05, 0.1) is 10.7 Å². The van der Waals surface area contributed by atoms with E-state index in [1.165, 1.54) is 16.8 Å². The number of benzene rings is 2. The molecule has 0 radical (unpaired) electrons. The lowest BCUT2D eigenvalue weighted by Gasteiger charge is -2.33. The first-order chi connectivity index (χ1) is 10.2. The predicted octanol–water partition coefficient (Wildman–Crippen LogP) is 4.31. The molecular formula is C18H21ClN2. The van der Waals surface area contributed by atoms with Crippen LogP contribution in [0.1, 0.15) is 24.5 Å². The molecule has 2 N–H and O–H groups in total. The summed E-state index contributed by atoms with van der Waals surface area (Å²) in [6.45, 7) is 3.04. The largest absolute Gasteiger partial charge is 0.340 e. The van der Waals surface area contributed by atoms with Gasteiger partial charge in [-0.2, -0.15) is 0 Å². The number of hydrogen-bond donors (Lipinski definition) is 1. The van der Waals surface area contributed by atoms with Crippen LogP contribution in [0.25, 0.3) is 0 Å². The van der Waals surface area contributed by atoms with E-state index in [1.807, 2.05) is 19.1 Å². The maximum atomic E-state index is 6.53. The van der Waals surface area contributed by atoms with Gasteiger partial charge in [0.15, 0.2) is 0 Å². The van der Waals surface area contributed by atoms with Crippen molar-refractivity contribution in [1.29, 1.82) is 0 Å². The van der Waals surface area contributed by atoms with Crippen LogP contribution >= 0.6 is 11.6 Å². The molecule has 2 aromatic rings. The van der Waals surface area contributed by atoms with Gasteiger partial charge in [0.2, 0.25) is 0 Å². The van der Waals surface area contributed by atoms with Crippen LogP contribution in [-0.2, 0) is 12.8 Å². The molecule has 1 unspecified atom stereocenters. The third-order valence-electron chi connectivity index (χ3n) is 3.99. The highest BCUT2D eigenvalue weighted by Gasteiger charge is 2.22. The van der Waals surface area contributed by atoms with Crippen molar-refractivity contribution in [1.82, 2.24) is 0 Å². The van der Waals surface area contributed by atoms with Crippen molar-refractivity contribution in [2.75, 3.05) is 11.4 Å². The van der Waals surface area contributed by atoms with Gasteiger partial charge in [-0.15, -0.1) is 0 Å². The highest BCUT2D eigenvalue weighted by molar-refractivity contribution is 6.33. The fourth-order valence-corrected chi connectivity index (χ4v) is 3.44. The number of hydrogen-bond acceptors (Lipinski definition) is 2. The quantitative estimate of drug-likeness (QED) is 0.915. The number of anilines is 2. The van der Waals surface area contributed by atoms with E-state index in [4.69, 9.17) is 17.3 Å². The Morgan fingerprint density at radius 2 is 2.00 bits per heavy atom. The number of para-hydroxylation sites is 2. The second kappa shape index (κ2) is 6.08. The molecule has 2 nitrogen and oxygen atoms in total. The minimum atomic E-state index is 0.127. The van der Waals surface area contributed by atoms with Crippen molar-refractivity contribution in [2.45, 2.75) is 32.2 Å². The Balaban J connectivity index is 2.09. The Morgan fingerprint density at radius 3 is 2.81 bits per heavy atom.